The van der Waals surface area contributed by atoms with Crippen molar-refractivity contribution < 1.29 is 19.4 Å². The minimum Gasteiger partial charge on any atom is -0.512 e. The van der Waals surface area contributed by atoms with Crippen LogP contribution in [0.4, 0.5) is 5.69 Å². The number of nitrogens with zero attached hydrogens (tertiary/aromatic N) is 1. The highest BCUT2D eigenvalue weighted by Gasteiger charge is 2.28. The van der Waals surface area contributed by atoms with Crippen LogP contribution in [-0.2, 0) is 9.53 Å². The summed E-state index contributed by atoms with van der Waals surface area (Å²) in [6, 6.07) is 11.3. The molecule has 2 N–H and O–H groups in total. The first kappa shape index (κ1) is 19.8. The van der Waals surface area contributed by atoms with Gasteiger partial charge in [-0.2, -0.15) is 0 Å². The Morgan fingerprint density at radius 2 is 1.93 bits per heavy atom. The molecule has 1 fully saturated rings. The van der Waals surface area contributed by atoms with Gasteiger partial charge < -0.3 is 19.9 Å². The van der Waals surface area contributed by atoms with E-state index in [4.69, 9.17) is 21.1 Å². The summed E-state index contributed by atoms with van der Waals surface area (Å²) in [4.78, 5) is 14.4. The van der Waals surface area contributed by atoms with Crippen molar-refractivity contribution in [1.29, 1.82) is 0 Å². The van der Waals surface area contributed by atoms with Gasteiger partial charge in [-0.25, -0.2) is 0 Å². The number of halogens is 1. The number of hydrogen-bond acceptors (Lipinski definition) is 5. The normalized spacial score (nSPS) is 18.3. The first-order chi connectivity index (χ1) is 14.0. The SMILES string of the molecule is C/C(O)=C1\C(=O)Nc2cc(Cl)c(-c3ccc(OCCN4CCOCC4)cc3)cc21. The van der Waals surface area contributed by atoms with Gasteiger partial charge in [-0.3, -0.25) is 9.69 Å². The smallest absolute Gasteiger partial charge is 0.259 e. The van der Waals surface area contributed by atoms with Gasteiger partial charge in [-0.15, -0.1) is 0 Å². The van der Waals surface area contributed by atoms with Crippen molar-refractivity contribution in [2.24, 2.45) is 0 Å². The number of ether oxygens (including phenoxy) is 2. The van der Waals surface area contributed by atoms with E-state index in [0.29, 0.717) is 22.9 Å². The number of morpholine rings is 1. The van der Waals surface area contributed by atoms with Crippen molar-refractivity contribution in [2.75, 3.05) is 44.8 Å². The van der Waals surface area contributed by atoms with Crippen molar-refractivity contribution in [1.82, 2.24) is 4.90 Å². The molecular weight excluding hydrogens is 392 g/mol. The molecule has 0 unspecified atom stereocenters. The van der Waals surface area contributed by atoms with Gasteiger partial charge in [0.1, 0.15) is 18.1 Å². The first-order valence-corrected chi connectivity index (χ1v) is 9.99. The Morgan fingerprint density at radius 1 is 1.21 bits per heavy atom. The van der Waals surface area contributed by atoms with Crippen LogP contribution in [0.5, 0.6) is 5.75 Å². The van der Waals surface area contributed by atoms with Crippen LogP contribution >= 0.6 is 11.6 Å². The molecule has 0 atom stereocenters. The quantitative estimate of drug-likeness (QED) is 0.572. The lowest BCUT2D eigenvalue weighted by atomic mass is 9.99. The molecule has 29 heavy (non-hydrogen) atoms. The average Bonchev–Trinajstić information content (AvgIpc) is 3.03. The molecule has 0 bridgehead atoms. The van der Waals surface area contributed by atoms with Gasteiger partial charge in [-0.1, -0.05) is 23.7 Å². The van der Waals surface area contributed by atoms with Gasteiger partial charge in [0.15, 0.2) is 0 Å². The summed E-state index contributed by atoms with van der Waals surface area (Å²) in [5, 5.41) is 13.1. The fraction of sp³-hybridized carbons (Fsp3) is 0.318. The molecule has 2 aromatic carbocycles. The van der Waals surface area contributed by atoms with Crippen LogP contribution in [0.1, 0.15) is 12.5 Å². The Bertz CT molecular complexity index is 946. The predicted octanol–water partition coefficient (Wildman–Crippen LogP) is 3.96. The van der Waals surface area contributed by atoms with Crippen molar-refractivity contribution in [2.45, 2.75) is 6.92 Å². The van der Waals surface area contributed by atoms with E-state index in [1.807, 2.05) is 30.3 Å². The number of aliphatic hydroxyl groups is 1. The number of nitrogens with one attached hydrogen (secondary N) is 1. The lowest BCUT2D eigenvalue weighted by Gasteiger charge is -2.26. The number of fused-ring (bicyclic) bond motifs is 1. The molecule has 2 aromatic rings. The van der Waals surface area contributed by atoms with Crippen LogP contribution < -0.4 is 10.1 Å². The third-order valence-corrected chi connectivity index (χ3v) is 5.47. The Kier molecular flexibility index (Phi) is 5.76. The van der Waals surface area contributed by atoms with Gasteiger partial charge >= 0.3 is 0 Å². The van der Waals surface area contributed by atoms with Crippen LogP contribution in [0.25, 0.3) is 16.7 Å². The lowest BCUT2D eigenvalue weighted by molar-refractivity contribution is -0.110. The summed E-state index contributed by atoms with van der Waals surface area (Å²) in [5.74, 6) is 0.457. The fourth-order valence-corrected chi connectivity index (χ4v) is 3.89. The third kappa shape index (κ3) is 4.24. The molecular formula is C22H23ClN2O4. The third-order valence-electron chi connectivity index (χ3n) is 5.16. The molecule has 0 aliphatic carbocycles. The van der Waals surface area contributed by atoms with Crippen LogP contribution in [0, 0.1) is 0 Å². The van der Waals surface area contributed by atoms with Crippen molar-refractivity contribution in [3.8, 4) is 16.9 Å². The molecule has 2 aliphatic rings. The minimum absolute atomic E-state index is 0.0152. The molecule has 2 heterocycles. The Balaban J connectivity index is 1.48. The monoisotopic (exact) mass is 414 g/mol. The van der Waals surface area contributed by atoms with E-state index in [-0.39, 0.29) is 17.2 Å². The number of rotatable bonds is 5. The summed E-state index contributed by atoms with van der Waals surface area (Å²) >= 11 is 6.45. The van der Waals surface area contributed by atoms with Gasteiger partial charge in [0.2, 0.25) is 0 Å². The zero-order valence-corrected chi connectivity index (χ0v) is 17.0. The second kappa shape index (κ2) is 8.45. The number of hydrogen-bond donors (Lipinski definition) is 2. The average molecular weight is 415 g/mol. The van der Waals surface area contributed by atoms with E-state index in [1.165, 1.54) is 6.92 Å². The maximum absolute atomic E-state index is 12.1. The topological polar surface area (TPSA) is 71.0 Å². The zero-order valence-electron chi connectivity index (χ0n) is 16.2. The van der Waals surface area contributed by atoms with E-state index in [0.717, 1.165) is 49.7 Å². The molecule has 0 aromatic heterocycles. The predicted molar refractivity (Wildman–Crippen MR) is 113 cm³/mol. The number of aliphatic hydroxyl groups excluding tert-OH is 1. The van der Waals surface area contributed by atoms with Crippen LogP contribution in [0.2, 0.25) is 5.02 Å². The Hall–Kier alpha value is -2.54. The van der Waals surface area contributed by atoms with E-state index < -0.39 is 0 Å². The van der Waals surface area contributed by atoms with Crippen molar-refractivity contribution in [3.63, 3.8) is 0 Å². The zero-order chi connectivity index (χ0) is 20.4. The standard InChI is InChI=1S/C22H23ClN2O4/c1-14(26)21-18-12-17(19(23)13-20(18)24-22(21)27)15-2-4-16(5-3-15)29-11-8-25-6-9-28-10-7-25/h2-5,12-13,26H,6-11H2,1H3,(H,24,27)/b21-14+. The van der Waals surface area contributed by atoms with Crippen LogP contribution in [-0.4, -0.2) is 55.4 Å². The number of carbonyl (C=O) groups is 1. The van der Waals surface area contributed by atoms with Gasteiger partial charge in [0.05, 0.1) is 29.5 Å². The molecule has 0 spiro atoms. The summed E-state index contributed by atoms with van der Waals surface area (Å²) in [7, 11) is 0. The van der Waals surface area contributed by atoms with Gasteiger partial charge in [0.25, 0.3) is 5.91 Å². The maximum Gasteiger partial charge on any atom is 0.259 e. The second-order valence-electron chi connectivity index (χ2n) is 7.12. The number of allylic oxidation sites excluding steroid dienone is 1. The van der Waals surface area contributed by atoms with E-state index >= 15 is 0 Å². The molecule has 1 saturated heterocycles. The van der Waals surface area contributed by atoms with E-state index in [9.17, 15) is 9.90 Å². The lowest BCUT2D eigenvalue weighted by Crippen LogP contribution is -2.38. The molecule has 4 rings (SSSR count). The van der Waals surface area contributed by atoms with E-state index in [1.54, 1.807) is 6.07 Å². The number of amides is 1. The van der Waals surface area contributed by atoms with E-state index in [2.05, 4.69) is 10.2 Å². The van der Waals surface area contributed by atoms with Crippen molar-refractivity contribution >= 4 is 28.8 Å². The van der Waals surface area contributed by atoms with Gasteiger partial charge in [0, 0.05) is 30.8 Å². The van der Waals surface area contributed by atoms with Crippen LogP contribution in [0.15, 0.2) is 42.2 Å². The summed E-state index contributed by atoms with van der Waals surface area (Å²) < 4.78 is 11.2. The van der Waals surface area contributed by atoms with Gasteiger partial charge in [-0.05, 0) is 36.8 Å². The fourth-order valence-electron chi connectivity index (χ4n) is 3.62. The maximum atomic E-state index is 12.1. The Labute approximate surface area is 174 Å². The summed E-state index contributed by atoms with van der Waals surface area (Å²) in [6.07, 6.45) is 0. The largest absolute Gasteiger partial charge is 0.512 e. The Morgan fingerprint density at radius 3 is 2.62 bits per heavy atom. The molecule has 6 nitrogen and oxygen atoms in total. The number of benzene rings is 2. The minimum atomic E-state index is -0.322. The molecule has 7 heteroatoms. The molecule has 0 saturated carbocycles. The highest BCUT2D eigenvalue weighted by molar-refractivity contribution is 6.36. The first-order valence-electron chi connectivity index (χ1n) is 9.61. The number of carbonyl (C=O) groups excluding carboxylic acids is 1. The molecule has 1 amide bonds. The molecule has 152 valence electrons. The highest BCUT2D eigenvalue weighted by atomic mass is 35.5. The molecule has 2 aliphatic heterocycles. The summed E-state index contributed by atoms with van der Waals surface area (Å²) in [6.45, 7) is 6.45. The number of anilines is 1. The highest BCUT2D eigenvalue weighted by Crippen LogP contribution is 2.40. The van der Waals surface area contributed by atoms with Crippen LogP contribution in [0.3, 0.4) is 0 Å². The molecule has 0 radical (unpaired) electrons. The second-order valence-corrected chi connectivity index (χ2v) is 7.53. The summed E-state index contributed by atoms with van der Waals surface area (Å²) in [5.41, 5.74) is 3.24. The van der Waals surface area contributed by atoms with Crippen molar-refractivity contribution in [3.05, 3.63) is 52.7 Å².